The summed E-state index contributed by atoms with van der Waals surface area (Å²) in [5.41, 5.74) is 0. The van der Waals surface area contributed by atoms with Crippen molar-refractivity contribution in [3.05, 3.63) is 18.7 Å². The van der Waals surface area contributed by atoms with Crippen LogP contribution in [0.15, 0.2) is 18.7 Å². The van der Waals surface area contributed by atoms with Crippen LogP contribution < -0.4 is 5.32 Å². The maximum Gasteiger partial charge on any atom is 0.326 e. The number of aliphatic carboxylic acids is 1. The van der Waals surface area contributed by atoms with Gasteiger partial charge in [0.05, 0.1) is 6.33 Å². The van der Waals surface area contributed by atoms with Crippen molar-refractivity contribution < 1.29 is 14.7 Å². The highest BCUT2D eigenvalue weighted by molar-refractivity contribution is 7.99. The topological polar surface area (TPSA) is 84.2 Å². The number of hydrogen-bond acceptors (Lipinski definition) is 4. The van der Waals surface area contributed by atoms with Gasteiger partial charge in [-0.25, -0.2) is 9.78 Å². The van der Waals surface area contributed by atoms with Crippen LogP contribution in [0.25, 0.3) is 0 Å². The maximum absolute atomic E-state index is 10.8. The molecule has 1 atom stereocenters. The van der Waals surface area contributed by atoms with Crippen molar-refractivity contribution in [3.8, 4) is 0 Å². The summed E-state index contributed by atoms with van der Waals surface area (Å²) >= 11 is 1.66. The third-order valence-corrected chi connectivity index (χ3v) is 3.28. The molecule has 0 radical (unpaired) electrons. The Bertz CT molecular complexity index is 381. The molecule has 0 aromatic carbocycles. The standard InChI is InChI=1S/C11H17N3O3S/c1-9(15)13-10(11(16)17)2-6-18-7-5-14-4-3-12-8-14/h3-4,8,10H,2,5-7H2,1H3,(H,13,15)(H,16,17). The molecule has 1 heterocycles. The number of carboxylic acids is 1. The van der Waals surface area contributed by atoms with Gasteiger partial charge < -0.3 is 15.0 Å². The largest absolute Gasteiger partial charge is 0.480 e. The predicted octanol–water partition coefficient (Wildman–Crippen LogP) is 0.596. The first-order chi connectivity index (χ1) is 8.59. The number of rotatable bonds is 8. The second-order valence-electron chi connectivity index (χ2n) is 3.79. The number of nitrogens with one attached hydrogen (secondary N) is 1. The van der Waals surface area contributed by atoms with Crippen LogP contribution in [0.4, 0.5) is 0 Å². The number of amides is 1. The van der Waals surface area contributed by atoms with Gasteiger partial charge in [0.15, 0.2) is 0 Å². The van der Waals surface area contributed by atoms with E-state index in [0.29, 0.717) is 12.2 Å². The van der Waals surface area contributed by atoms with Crippen molar-refractivity contribution in [1.82, 2.24) is 14.9 Å². The van der Waals surface area contributed by atoms with E-state index in [9.17, 15) is 9.59 Å². The molecule has 0 spiro atoms. The molecule has 0 fully saturated rings. The van der Waals surface area contributed by atoms with Gasteiger partial charge in [0.25, 0.3) is 0 Å². The molecule has 7 heteroatoms. The fourth-order valence-corrected chi connectivity index (χ4v) is 2.34. The van der Waals surface area contributed by atoms with Gasteiger partial charge in [0.2, 0.25) is 5.91 Å². The van der Waals surface area contributed by atoms with Crippen LogP contribution in [0.3, 0.4) is 0 Å². The Balaban J connectivity index is 2.14. The zero-order valence-electron chi connectivity index (χ0n) is 10.2. The Morgan fingerprint density at radius 2 is 2.28 bits per heavy atom. The molecule has 100 valence electrons. The molecule has 1 unspecified atom stereocenters. The molecule has 0 saturated heterocycles. The Morgan fingerprint density at radius 1 is 1.50 bits per heavy atom. The van der Waals surface area contributed by atoms with Crippen LogP contribution in [-0.4, -0.2) is 44.1 Å². The minimum Gasteiger partial charge on any atom is -0.480 e. The molecule has 0 aliphatic heterocycles. The van der Waals surface area contributed by atoms with E-state index in [1.807, 2.05) is 10.8 Å². The third-order valence-electron chi connectivity index (χ3n) is 2.28. The van der Waals surface area contributed by atoms with Crippen molar-refractivity contribution >= 4 is 23.6 Å². The fraction of sp³-hybridized carbons (Fsp3) is 0.545. The van der Waals surface area contributed by atoms with Crippen LogP contribution in [0, 0.1) is 0 Å². The molecule has 18 heavy (non-hydrogen) atoms. The molecule has 0 aliphatic rings. The summed E-state index contributed by atoms with van der Waals surface area (Å²) in [6.07, 6.45) is 5.79. The number of thioether (sulfide) groups is 1. The van der Waals surface area contributed by atoms with Crippen LogP contribution >= 0.6 is 11.8 Å². The second kappa shape index (κ2) is 7.75. The highest BCUT2D eigenvalue weighted by Crippen LogP contribution is 2.06. The van der Waals surface area contributed by atoms with Gasteiger partial charge in [-0.15, -0.1) is 0 Å². The first-order valence-corrected chi connectivity index (χ1v) is 6.78. The zero-order chi connectivity index (χ0) is 13.4. The maximum atomic E-state index is 10.8. The van der Waals surface area contributed by atoms with Crippen molar-refractivity contribution in [3.63, 3.8) is 0 Å². The molecule has 0 aliphatic carbocycles. The first-order valence-electron chi connectivity index (χ1n) is 5.63. The molecular formula is C11H17N3O3S. The number of carbonyl (C=O) groups is 2. The quantitative estimate of drug-likeness (QED) is 0.676. The number of nitrogens with zero attached hydrogens (tertiary/aromatic N) is 2. The summed E-state index contributed by atoms with van der Waals surface area (Å²) < 4.78 is 1.97. The lowest BCUT2D eigenvalue weighted by Crippen LogP contribution is -2.39. The normalized spacial score (nSPS) is 12.1. The van der Waals surface area contributed by atoms with Crippen molar-refractivity contribution in [1.29, 1.82) is 0 Å². The van der Waals surface area contributed by atoms with Gasteiger partial charge >= 0.3 is 5.97 Å². The van der Waals surface area contributed by atoms with Gasteiger partial charge in [-0.2, -0.15) is 11.8 Å². The SMILES string of the molecule is CC(=O)NC(CCSCCn1ccnc1)C(=O)O. The van der Waals surface area contributed by atoms with Crippen molar-refractivity contribution in [2.75, 3.05) is 11.5 Å². The van der Waals surface area contributed by atoms with E-state index < -0.39 is 12.0 Å². The summed E-state index contributed by atoms with van der Waals surface area (Å²) in [6, 6.07) is -0.789. The van der Waals surface area contributed by atoms with Gasteiger partial charge in [0.1, 0.15) is 6.04 Å². The van der Waals surface area contributed by atoms with E-state index in [4.69, 9.17) is 5.11 Å². The van der Waals surface area contributed by atoms with E-state index in [1.54, 1.807) is 24.3 Å². The van der Waals surface area contributed by atoms with Gasteiger partial charge in [-0.05, 0) is 12.2 Å². The monoisotopic (exact) mass is 271 g/mol. The number of aromatic nitrogens is 2. The number of hydrogen-bond donors (Lipinski definition) is 2. The van der Waals surface area contributed by atoms with Gasteiger partial charge in [0, 0.05) is 31.6 Å². The lowest BCUT2D eigenvalue weighted by atomic mass is 10.2. The molecule has 0 saturated carbocycles. The predicted molar refractivity (Wildman–Crippen MR) is 69.4 cm³/mol. The first kappa shape index (κ1) is 14.6. The van der Waals surface area contributed by atoms with E-state index in [-0.39, 0.29) is 5.91 Å². The molecule has 1 aromatic rings. The average molecular weight is 271 g/mol. The van der Waals surface area contributed by atoms with Crippen molar-refractivity contribution in [2.45, 2.75) is 25.9 Å². The summed E-state index contributed by atoms with van der Waals surface area (Å²) in [5.74, 6) is 0.292. The molecule has 0 bridgehead atoms. The summed E-state index contributed by atoms with van der Waals surface area (Å²) in [7, 11) is 0. The third kappa shape index (κ3) is 5.72. The number of carboxylic acid groups (broad SMARTS) is 1. The minimum atomic E-state index is -0.986. The van der Waals surface area contributed by atoms with E-state index in [1.165, 1.54) is 6.92 Å². The summed E-state index contributed by atoms with van der Waals surface area (Å²) in [5, 5.41) is 11.3. The Morgan fingerprint density at radius 3 is 2.83 bits per heavy atom. The zero-order valence-corrected chi connectivity index (χ0v) is 11.0. The van der Waals surface area contributed by atoms with Crippen LogP contribution in [-0.2, 0) is 16.1 Å². The van der Waals surface area contributed by atoms with Gasteiger partial charge in [-0.3, -0.25) is 4.79 Å². The van der Waals surface area contributed by atoms with E-state index in [2.05, 4.69) is 10.3 Å². The fourth-order valence-electron chi connectivity index (χ4n) is 1.39. The lowest BCUT2D eigenvalue weighted by molar-refractivity contribution is -0.141. The molecule has 1 rings (SSSR count). The number of imidazole rings is 1. The smallest absolute Gasteiger partial charge is 0.326 e. The number of aryl methyl sites for hydroxylation is 1. The second-order valence-corrected chi connectivity index (χ2v) is 5.02. The Kier molecular flexibility index (Phi) is 6.27. The molecule has 1 amide bonds. The minimum absolute atomic E-state index is 0.314. The molecule has 1 aromatic heterocycles. The molecule has 6 nitrogen and oxygen atoms in total. The highest BCUT2D eigenvalue weighted by atomic mass is 32.2. The Hall–Kier alpha value is -1.50. The van der Waals surface area contributed by atoms with Crippen molar-refractivity contribution in [2.24, 2.45) is 0 Å². The molecular weight excluding hydrogens is 254 g/mol. The van der Waals surface area contributed by atoms with Crippen LogP contribution in [0.1, 0.15) is 13.3 Å². The highest BCUT2D eigenvalue weighted by Gasteiger charge is 2.17. The molecule has 2 N–H and O–H groups in total. The summed E-state index contributed by atoms with van der Waals surface area (Å²) in [6.45, 7) is 2.17. The van der Waals surface area contributed by atoms with E-state index >= 15 is 0 Å². The number of carbonyl (C=O) groups excluding carboxylic acids is 1. The van der Waals surface area contributed by atoms with E-state index in [0.717, 1.165) is 12.3 Å². The average Bonchev–Trinajstić information content (AvgIpc) is 2.79. The lowest BCUT2D eigenvalue weighted by Gasteiger charge is -2.12. The van der Waals surface area contributed by atoms with Crippen LogP contribution in [0.5, 0.6) is 0 Å². The Labute approximate surface area is 110 Å². The van der Waals surface area contributed by atoms with Crippen LogP contribution in [0.2, 0.25) is 0 Å². The summed E-state index contributed by atoms with van der Waals surface area (Å²) in [4.78, 5) is 25.6. The van der Waals surface area contributed by atoms with Gasteiger partial charge in [-0.1, -0.05) is 0 Å².